The van der Waals surface area contributed by atoms with Gasteiger partial charge < -0.3 is 9.74 Å². The first kappa shape index (κ1) is 20.6. The van der Waals surface area contributed by atoms with Crippen LogP contribution in [0.2, 0.25) is 10.6 Å². The highest BCUT2D eigenvalue weighted by atomic mass is 35.5. The molecule has 0 aliphatic carbocycles. The minimum Gasteiger partial charge on any atom is -0.338 e. The Morgan fingerprint density at radius 1 is 1.08 bits per heavy atom. The Labute approximate surface area is 160 Å². The standard InChI is InChI=1S/C17H29Cl2N5O/c1-7-8-9-23(15-21-13(18)20-14(19)22-15)12-10-16(2,3)24(25-6)17(4,5)11-12/h12H,7-11H2,1-6H3. The van der Waals surface area contributed by atoms with Crippen molar-refractivity contribution in [2.24, 2.45) is 0 Å². The zero-order chi connectivity index (χ0) is 18.8. The van der Waals surface area contributed by atoms with Gasteiger partial charge in [-0.15, -0.1) is 0 Å². The van der Waals surface area contributed by atoms with E-state index in [4.69, 9.17) is 28.0 Å². The smallest absolute Gasteiger partial charge is 0.231 e. The molecule has 0 spiro atoms. The second kappa shape index (κ2) is 7.91. The van der Waals surface area contributed by atoms with Gasteiger partial charge in [-0.3, -0.25) is 0 Å². The highest BCUT2D eigenvalue weighted by Crippen LogP contribution is 2.41. The first-order valence-corrected chi connectivity index (χ1v) is 9.54. The SMILES string of the molecule is CCCCN(c1nc(Cl)nc(Cl)n1)C1CC(C)(C)N(OC)C(C)(C)C1. The highest BCUT2D eigenvalue weighted by molar-refractivity contribution is 6.31. The maximum absolute atomic E-state index is 6.02. The molecule has 25 heavy (non-hydrogen) atoms. The maximum Gasteiger partial charge on any atom is 0.231 e. The summed E-state index contributed by atoms with van der Waals surface area (Å²) in [5.74, 6) is 0.556. The number of hydrogen-bond donors (Lipinski definition) is 0. The molecule has 0 bridgehead atoms. The molecule has 2 rings (SSSR count). The Kier molecular flexibility index (Phi) is 6.52. The number of anilines is 1. The number of hydrogen-bond acceptors (Lipinski definition) is 6. The lowest BCUT2D eigenvalue weighted by molar-refractivity contribution is -0.266. The van der Waals surface area contributed by atoms with Gasteiger partial charge in [-0.25, -0.2) is 0 Å². The van der Waals surface area contributed by atoms with E-state index in [1.165, 1.54) is 0 Å². The lowest BCUT2D eigenvalue weighted by Gasteiger charge is -2.55. The van der Waals surface area contributed by atoms with Gasteiger partial charge in [0.05, 0.1) is 7.11 Å². The number of unbranched alkanes of at least 4 members (excludes halogenated alkanes) is 1. The van der Waals surface area contributed by atoms with Crippen LogP contribution in [-0.2, 0) is 4.84 Å². The molecule has 1 fully saturated rings. The number of rotatable bonds is 6. The van der Waals surface area contributed by atoms with E-state index in [-0.39, 0.29) is 27.7 Å². The number of nitrogens with zero attached hydrogens (tertiary/aromatic N) is 5. The van der Waals surface area contributed by atoms with Gasteiger partial charge in [0.1, 0.15) is 0 Å². The van der Waals surface area contributed by atoms with Crippen LogP contribution in [0.25, 0.3) is 0 Å². The molecule has 1 aromatic heterocycles. The molecule has 6 nitrogen and oxygen atoms in total. The summed E-state index contributed by atoms with van der Waals surface area (Å²) in [6.45, 7) is 11.8. The van der Waals surface area contributed by atoms with Crippen LogP contribution in [0, 0.1) is 0 Å². The second-order valence-electron chi connectivity index (χ2n) is 7.88. The van der Waals surface area contributed by atoms with Crippen molar-refractivity contribution in [1.29, 1.82) is 0 Å². The zero-order valence-corrected chi connectivity index (χ0v) is 17.5. The Morgan fingerprint density at radius 3 is 2.04 bits per heavy atom. The second-order valence-corrected chi connectivity index (χ2v) is 8.56. The Bertz CT molecular complexity index is 558. The summed E-state index contributed by atoms with van der Waals surface area (Å²) in [6.07, 6.45) is 3.99. The molecule has 0 saturated carbocycles. The average molecular weight is 390 g/mol. The van der Waals surface area contributed by atoms with Crippen LogP contribution in [0.5, 0.6) is 0 Å². The summed E-state index contributed by atoms with van der Waals surface area (Å²) in [5, 5.41) is 2.36. The average Bonchev–Trinajstić information content (AvgIpc) is 2.44. The van der Waals surface area contributed by atoms with E-state index in [1.807, 2.05) is 0 Å². The first-order valence-electron chi connectivity index (χ1n) is 8.79. The van der Waals surface area contributed by atoms with Gasteiger partial charge in [0.25, 0.3) is 0 Å². The van der Waals surface area contributed by atoms with Crippen LogP contribution in [0.4, 0.5) is 5.95 Å². The van der Waals surface area contributed by atoms with E-state index in [2.05, 4.69) is 59.5 Å². The molecule has 1 aliphatic heterocycles. The van der Waals surface area contributed by atoms with Crippen molar-refractivity contribution in [2.45, 2.75) is 77.4 Å². The third kappa shape index (κ3) is 4.73. The molecule has 0 atom stereocenters. The van der Waals surface area contributed by atoms with Crippen molar-refractivity contribution in [3.05, 3.63) is 10.6 Å². The van der Waals surface area contributed by atoms with Crippen LogP contribution in [-0.4, -0.2) is 50.8 Å². The molecule has 2 heterocycles. The fourth-order valence-electron chi connectivity index (χ4n) is 4.14. The van der Waals surface area contributed by atoms with Crippen molar-refractivity contribution in [3.8, 4) is 0 Å². The molecule has 0 unspecified atom stereocenters. The predicted molar refractivity (Wildman–Crippen MR) is 102 cm³/mol. The van der Waals surface area contributed by atoms with Gasteiger partial charge in [-0.05, 0) is 70.2 Å². The van der Waals surface area contributed by atoms with Gasteiger partial charge >= 0.3 is 0 Å². The Hall–Kier alpha value is -0.690. The molecule has 1 aromatic rings. The Balaban J connectivity index is 2.37. The van der Waals surface area contributed by atoms with E-state index in [9.17, 15) is 0 Å². The summed E-state index contributed by atoms with van der Waals surface area (Å²) in [7, 11) is 1.74. The molecule has 0 radical (unpaired) electrons. The quantitative estimate of drug-likeness (QED) is 0.719. The van der Waals surface area contributed by atoms with Crippen LogP contribution < -0.4 is 4.90 Å². The summed E-state index contributed by atoms with van der Waals surface area (Å²) in [5.41, 5.74) is -0.238. The first-order chi connectivity index (χ1) is 11.6. The number of halogens is 2. The molecule has 0 aromatic carbocycles. The summed E-state index contributed by atoms with van der Waals surface area (Å²) in [6, 6.07) is 0.262. The van der Waals surface area contributed by atoms with Crippen LogP contribution in [0.3, 0.4) is 0 Å². The molecule has 1 saturated heterocycles. The summed E-state index contributed by atoms with van der Waals surface area (Å²) >= 11 is 12.0. The lowest BCUT2D eigenvalue weighted by Crippen LogP contribution is -2.64. The number of aromatic nitrogens is 3. The molecule has 0 N–H and O–H groups in total. The molecule has 142 valence electrons. The van der Waals surface area contributed by atoms with E-state index in [0.717, 1.165) is 32.2 Å². The van der Waals surface area contributed by atoms with Crippen LogP contribution >= 0.6 is 23.2 Å². The van der Waals surface area contributed by atoms with Crippen molar-refractivity contribution < 1.29 is 4.84 Å². The fraction of sp³-hybridized carbons (Fsp3) is 0.824. The molecule has 0 amide bonds. The van der Waals surface area contributed by atoms with E-state index >= 15 is 0 Å². The largest absolute Gasteiger partial charge is 0.338 e. The van der Waals surface area contributed by atoms with E-state index in [1.54, 1.807) is 7.11 Å². The lowest BCUT2D eigenvalue weighted by atomic mass is 9.78. The maximum atomic E-state index is 6.02. The van der Waals surface area contributed by atoms with Gasteiger partial charge in [0, 0.05) is 23.7 Å². The zero-order valence-electron chi connectivity index (χ0n) is 16.0. The molecular weight excluding hydrogens is 361 g/mol. The third-order valence-corrected chi connectivity index (χ3v) is 5.11. The normalized spacial score (nSPS) is 20.6. The highest BCUT2D eigenvalue weighted by Gasteiger charge is 2.48. The molecular formula is C17H29Cl2N5O. The topological polar surface area (TPSA) is 54.4 Å². The van der Waals surface area contributed by atoms with E-state index < -0.39 is 0 Å². The third-order valence-electron chi connectivity index (χ3n) is 4.77. The molecule has 1 aliphatic rings. The van der Waals surface area contributed by atoms with Crippen LogP contribution in [0.15, 0.2) is 0 Å². The van der Waals surface area contributed by atoms with Gasteiger partial charge in [-0.2, -0.15) is 20.0 Å². The van der Waals surface area contributed by atoms with Crippen molar-refractivity contribution >= 4 is 29.2 Å². The minimum atomic E-state index is -0.119. The van der Waals surface area contributed by atoms with Gasteiger partial charge in [0.2, 0.25) is 16.5 Å². The minimum absolute atomic E-state index is 0.119. The Morgan fingerprint density at radius 2 is 1.60 bits per heavy atom. The van der Waals surface area contributed by atoms with Crippen molar-refractivity contribution in [3.63, 3.8) is 0 Å². The molecule has 8 heteroatoms. The van der Waals surface area contributed by atoms with Crippen molar-refractivity contribution in [1.82, 2.24) is 20.0 Å². The van der Waals surface area contributed by atoms with Gasteiger partial charge in [-0.1, -0.05) is 13.3 Å². The summed E-state index contributed by atoms with van der Waals surface area (Å²) in [4.78, 5) is 20.5. The van der Waals surface area contributed by atoms with Crippen molar-refractivity contribution in [2.75, 3.05) is 18.6 Å². The van der Waals surface area contributed by atoms with Gasteiger partial charge in [0.15, 0.2) is 0 Å². The number of hydroxylamine groups is 2. The predicted octanol–water partition coefficient (Wildman–Crippen LogP) is 4.37. The summed E-state index contributed by atoms with van der Waals surface area (Å²) < 4.78 is 0. The number of piperidine rings is 1. The van der Waals surface area contributed by atoms with E-state index in [0.29, 0.717) is 5.95 Å². The monoisotopic (exact) mass is 389 g/mol. The fourth-order valence-corrected chi connectivity index (χ4v) is 4.50. The van der Waals surface area contributed by atoms with Crippen LogP contribution in [0.1, 0.15) is 60.3 Å².